The molecule has 2 amide bonds. The molecule has 2 N–H and O–H groups in total. The average molecular weight is 302 g/mol. The van der Waals surface area contributed by atoms with Gasteiger partial charge in [0, 0.05) is 12.2 Å². The van der Waals surface area contributed by atoms with Gasteiger partial charge in [-0.1, -0.05) is 19.9 Å². The van der Waals surface area contributed by atoms with E-state index in [0.29, 0.717) is 23.7 Å². The third kappa shape index (κ3) is 3.87. The van der Waals surface area contributed by atoms with Crippen molar-refractivity contribution in [3.05, 3.63) is 30.1 Å². The number of tetrazole rings is 1. The highest BCUT2D eigenvalue weighted by Gasteiger charge is 2.14. The highest BCUT2D eigenvalue weighted by molar-refractivity contribution is 6.39. The van der Waals surface area contributed by atoms with Gasteiger partial charge in [0.1, 0.15) is 0 Å². The Bertz CT molecular complexity index is 679. The van der Waals surface area contributed by atoms with E-state index >= 15 is 0 Å². The van der Waals surface area contributed by atoms with Crippen molar-refractivity contribution in [3.8, 4) is 5.69 Å². The summed E-state index contributed by atoms with van der Waals surface area (Å²) in [6.07, 6.45) is 0. The van der Waals surface area contributed by atoms with Crippen molar-refractivity contribution in [3.63, 3.8) is 0 Å². The molecule has 0 bridgehead atoms. The number of amides is 2. The van der Waals surface area contributed by atoms with Crippen LogP contribution in [0.1, 0.15) is 19.7 Å². The van der Waals surface area contributed by atoms with Gasteiger partial charge in [0.25, 0.3) is 0 Å². The fourth-order valence-corrected chi connectivity index (χ4v) is 1.75. The molecule has 0 unspecified atom stereocenters. The summed E-state index contributed by atoms with van der Waals surface area (Å²) in [6.45, 7) is 6.13. The van der Waals surface area contributed by atoms with E-state index in [-0.39, 0.29) is 5.92 Å². The Labute approximate surface area is 127 Å². The standard InChI is InChI=1S/C14H18N6O2/c1-9(2)8-15-13(21)14(22)16-11-5-4-6-12(7-11)20-10(3)17-18-19-20/h4-7,9H,8H2,1-3H3,(H,15,21)(H,16,22). The summed E-state index contributed by atoms with van der Waals surface area (Å²) in [5, 5.41) is 16.3. The Morgan fingerprint density at radius 3 is 2.68 bits per heavy atom. The van der Waals surface area contributed by atoms with Crippen LogP contribution in [0.2, 0.25) is 0 Å². The minimum atomic E-state index is -0.703. The third-order valence-corrected chi connectivity index (χ3v) is 2.85. The molecule has 2 aromatic rings. The fraction of sp³-hybridized carbons (Fsp3) is 0.357. The predicted molar refractivity (Wildman–Crippen MR) is 80.4 cm³/mol. The molecule has 0 aliphatic rings. The van der Waals surface area contributed by atoms with E-state index in [1.807, 2.05) is 13.8 Å². The van der Waals surface area contributed by atoms with Crippen LogP contribution in [0.4, 0.5) is 5.69 Å². The van der Waals surface area contributed by atoms with Gasteiger partial charge < -0.3 is 10.6 Å². The Morgan fingerprint density at radius 2 is 2.05 bits per heavy atom. The Balaban J connectivity index is 2.06. The predicted octanol–water partition coefficient (Wildman–Crippen LogP) is 0.681. The van der Waals surface area contributed by atoms with Crippen LogP contribution in [0.25, 0.3) is 5.69 Å². The van der Waals surface area contributed by atoms with Crippen LogP contribution in [0.15, 0.2) is 24.3 Å². The Kier molecular flexibility index (Phi) is 4.82. The fourth-order valence-electron chi connectivity index (χ4n) is 1.75. The van der Waals surface area contributed by atoms with Crippen LogP contribution in [0, 0.1) is 12.8 Å². The summed E-state index contributed by atoms with van der Waals surface area (Å²) in [6, 6.07) is 6.93. The average Bonchev–Trinajstić information content (AvgIpc) is 2.91. The highest BCUT2D eigenvalue weighted by Crippen LogP contribution is 2.14. The summed E-state index contributed by atoms with van der Waals surface area (Å²) >= 11 is 0. The lowest BCUT2D eigenvalue weighted by molar-refractivity contribution is -0.136. The molecule has 2 rings (SSSR count). The van der Waals surface area contributed by atoms with Crippen molar-refractivity contribution in [1.29, 1.82) is 0 Å². The van der Waals surface area contributed by atoms with Crippen molar-refractivity contribution >= 4 is 17.5 Å². The molecule has 8 heteroatoms. The quantitative estimate of drug-likeness (QED) is 0.809. The lowest BCUT2D eigenvalue weighted by Gasteiger charge is -2.09. The maximum Gasteiger partial charge on any atom is 0.313 e. The number of nitrogens with one attached hydrogen (secondary N) is 2. The molecule has 0 spiro atoms. The molecule has 1 aromatic heterocycles. The second-order valence-electron chi connectivity index (χ2n) is 5.25. The summed E-state index contributed by atoms with van der Waals surface area (Å²) < 4.78 is 1.54. The largest absolute Gasteiger partial charge is 0.348 e. The lowest BCUT2D eigenvalue weighted by atomic mass is 10.2. The van der Waals surface area contributed by atoms with E-state index < -0.39 is 11.8 Å². The summed E-state index contributed by atoms with van der Waals surface area (Å²) in [5.74, 6) is -0.454. The van der Waals surface area contributed by atoms with E-state index in [1.165, 1.54) is 4.68 Å². The van der Waals surface area contributed by atoms with Crippen molar-refractivity contribution in [2.24, 2.45) is 5.92 Å². The van der Waals surface area contributed by atoms with Crippen LogP contribution < -0.4 is 10.6 Å². The Morgan fingerprint density at radius 1 is 1.27 bits per heavy atom. The first-order valence-corrected chi connectivity index (χ1v) is 6.92. The first-order chi connectivity index (χ1) is 10.5. The minimum Gasteiger partial charge on any atom is -0.348 e. The molecular weight excluding hydrogens is 284 g/mol. The zero-order valence-electron chi connectivity index (χ0n) is 12.7. The first-order valence-electron chi connectivity index (χ1n) is 6.92. The molecule has 8 nitrogen and oxygen atoms in total. The Hall–Kier alpha value is -2.77. The number of hydrogen-bond donors (Lipinski definition) is 2. The number of carbonyl (C=O) groups excluding carboxylic acids is 2. The van der Waals surface area contributed by atoms with E-state index in [4.69, 9.17) is 0 Å². The molecule has 0 radical (unpaired) electrons. The van der Waals surface area contributed by atoms with Gasteiger partial charge in [0.2, 0.25) is 0 Å². The number of anilines is 1. The maximum absolute atomic E-state index is 11.8. The van der Waals surface area contributed by atoms with Crippen molar-refractivity contribution in [2.45, 2.75) is 20.8 Å². The van der Waals surface area contributed by atoms with E-state index in [9.17, 15) is 9.59 Å². The molecule has 0 fully saturated rings. The van der Waals surface area contributed by atoms with E-state index in [1.54, 1.807) is 31.2 Å². The molecule has 22 heavy (non-hydrogen) atoms. The summed E-state index contributed by atoms with van der Waals surface area (Å²) in [7, 11) is 0. The number of aromatic nitrogens is 4. The SMILES string of the molecule is Cc1nnnn1-c1cccc(NC(=O)C(=O)NCC(C)C)c1. The van der Waals surface area contributed by atoms with Gasteiger partial charge in [-0.2, -0.15) is 4.68 Å². The van der Waals surface area contributed by atoms with Crippen LogP contribution in [0.3, 0.4) is 0 Å². The van der Waals surface area contributed by atoms with Crippen LogP contribution in [0.5, 0.6) is 0 Å². The molecule has 116 valence electrons. The van der Waals surface area contributed by atoms with E-state index in [0.717, 1.165) is 0 Å². The molecule has 0 atom stereocenters. The van der Waals surface area contributed by atoms with E-state index in [2.05, 4.69) is 26.2 Å². The number of aryl methyl sites for hydroxylation is 1. The van der Waals surface area contributed by atoms with Crippen LogP contribution in [-0.4, -0.2) is 38.6 Å². The maximum atomic E-state index is 11.8. The number of hydrogen-bond acceptors (Lipinski definition) is 5. The normalized spacial score (nSPS) is 10.5. The topological polar surface area (TPSA) is 102 Å². The van der Waals surface area contributed by atoms with Gasteiger partial charge in [-0.05, 0) is 41.5 Å². The molecule has 0 aliphatic carbocycles. The van der Waals surface area contributed by atoms with Crippen molar-refractivity contribution in [2.75, 3.05) is 11.9 Å². The van der Waals surface area contributed by atoms with Gasteiger partial charge in [0.05, 0.1) is 5.69 Å². The van der Waals surface area contributed by atoms with Gasteiger partial charge in [0.15, 0.2) is 5.82 Å². The zero-order valence-corrected chi connectivity index (χ0v) is 12.7. The highest BCUT2D eigenvalue weighted by atomic mass is 16.2. The molecule has 1 heterocycles. The van der Waals surface area contributed by atoms with Crippen LogP contribution >= 0.6 is 0 Å². The van der Waals surface area contributed by atoms with Gasteiger partial charge in [-0.25, -0.2) is 0 Å². The molecule has 0 aliphatic heterocycles. The monoisotopic (exact) mass is 302 g/mol. The van der Waals surface area contributed by atoms with Gasteiger partial charge in [-0.3, -0.25) is 9.59 Å². The van der Waals surface area contributed by atoms with Crippen LogP contribution in [-0.2, 0) is 9.59 Å². The molecular formula is C14H18N6O2. The number of rotatable bonds is 4. The number of nitrogens with zero attached hydrogens (tertiary/aromatic N) is 4. The van der Waals surface area contributed by atoms with Crippen molar-refractivity contribution < 1.29 is 9.59 Å². The number of benzene rings is 1. The first kappa shape index (κ1) is 15.6. The number of carbonyl (C=O) groups is 2. The second kappa shape index (κ2) is 6.79. The van der Waals surface area contributed by atoms with Crippen molar-refractivity contribution in [1.82, 2.24) is 25.5 Å². The molecule has 0 saturated heterocycles. The summed E-state index contributed by atoms with van der Waals surface area (Å²) in [4.78, 5) is 23.5. The lowest BCUT2D eigenvalue weighted by Crippen LogP contribution is -2.37. The zero-order chi connectivity index (χ0) is 16.1. The smallest absolute Gasteiger partial charge is 0.313 e. The summed E-state index contributed by atoms with van der Waals surface area (Å²) in [5.41, 5.74) is 1.19. The minimum absolute atomic E-state index is 0.280. The molecule has 1 aromatic carbocycles. The third-order valence-electron chi connectivity index (χ3n) is 2.85. The second-order valence-corrected chi connectivity index (χ2v) is 5.25. The molecule has 0 saturated carbocycles. The van der Waals surface area contributed by atoms with Gasteiger partial charge in [-0.15, -0.1) is 5.10 Å². The van der Waals surface area contributed by atoms with Gasteiger partial charge >= 0.3 is 11.8 Å².